The lowest BCUT2D eigenvalue weighted by Crippen LogP contribution is -2.36. The van der Waals surface area contributed by atoms with Crippen molar-refractivity contribution in [1.29, 1.82) is 0 Å². The monoisotopic (exact) mass is 283 g/mol. The minimum Gasteiger partial charge on any atom is -0.346 e. The highest BCUT2D eigenvalue weighted by atomic mass is 32.2. The Kier molecular flexibility index (Phi) is 3.82. The van der Waals surface area contributed by atoms with E-state index in [1.54, 1.807) is 0 Å². The van der Waals surface area contributed by atoms with Gasteiger partial charge in [-0.1, -0.05) is 18.3 Å². The molecule has 2 unspecified atom stereocenters. The molecular weight excluding hydrogens is 262 g/mol. The van der Waals surface area contributed by atoms with Gasteiger partial charge in [-0.15, -0.1) is 0 Å². The summed E-state index contributed by atoms with van der Waals surface area (Å²) in [6.07, 6.45) is 3.70. The van der Waals surface area contributed by atoms with Crippen molar-refractivity contribution >= 4 is 28.2 Å². The summed E-state index contributed by atoms with van der Waals surface area (Å²) in [6, 6.07) is 0.539. The molecule has 0 aromatic carbocycles. The molecular formula is C13H21N3S2. The molecule has 18 heavy (non-hydrogen) atoms. The lowest BCUT2D eigenvalue weighted by Gasteiger charge is -2.30. The molecule has 0 saturated carbocycles. The van der Waals surface area contributed by atoms with Crippen LogP contribution in [0.2, 0.25) is 0 Å². The summed E-state index contributed by atoms with van der Waals surface area (Å²) >= 11 is 4.00. The molecule has 0 amide bonds. The van der Waals surface area contributed by atoms with Crippen molar-refractivity contribution in [1.82, 2.24) is 10.3 Å². The highest BCUT2D eigenvalue weighted by Crippen LogP contribution is 2.38. The number of fused-ring (bicyclic) bond motifs is 1. The smallest absolute Gasteiger partial charge is 0.185 e. The fourth-order valence-electron chi connectivity index (χ4n) is 2.81. The van der Waals surface area contributed by atoms with Crippen molar-refractivity contribution in [3.05, 3.63) is 10.6 Å². The summed E-state index contributed by atoms with van der Waals surface area (Å²) in [7, 11) is 2.07. The van der Waals surface area contributed by atoms with Gasteiger partial charge in [0.15, 0.2) is 5.13 Å². The average molecular weight is 283 g/mol. The molecule has 0 radical (unpaired) electrons. The van der Waals surface area contributed by atoms with E-state index in [2.05, 4.69) is 35.9 Å². The van der Waals surface area contributed by atoms with Gasteiger partial charge in [0.25, 0.3) is 0 Å². The van der Waals surface area contributed by atoms with Gasteiger partial charge in [0.1, 0.15) is 0 Å². The largest absolute Gasteiger partial charge is 0.346 e. The van der Waals surface area contributed by atoms with E-state index in [4.69, 9.17) is 4.98 Å². The van der Waals surface area contributed by atoms with Gasteiger partial charge >= 0.3 is 0 Å². The van der Waals surface area contributed by atoms with Gasteiger partial charge < -0.3 is 10.2 Å². The number of aryl methyl sites for hydroxylation is 1. The quantitative estimate of drug-likeness (QED) is 0.903. The molecule has 0 bridgehead atoms. The van der Waals surface area contributed by atoms with Crippen LogP contribution >= 0.6 is 23.1 Å². The summed E-state index contributed by atoms with van der Waals surface area (Å²) < 4.78 is 0. The third-order valence-corrected chi connectivity index (χ3v) is 6.21. The van der Waals surface area contributed by atoms with Crippen LogP contribution in [0.5, 0.6) is 0 Å². The van der Waals surface area contributed by atoms with E-state index in [0.717, 1.165) is 18.3 Å². The van der Waals surface area contributed by atoms with E-state index in [-0.39, 0.29) is 0 Å². The number of rotatable bonds is 2. The minimum absolute atomic E-state index is 0.539. The highest BCUT2D eigenvalue weighted by Gasteiger charge is 2.26. The molecule has 3 rings (SSSR count). The molecule has 2 atom stereocenters. The standard InChI is InChI=1S/C13H21N3S2/c1-9-8-16(6-7-17-9)13-15-11-5-3-4-10(14-2)12(11)18-13/h9-10,14H,3-8H2,1-2H3. The Bertz CT molecular complexity index is 418. The van der Waals surface area contributed by atoms with E-state index in [9.17, 15) is 0 Å². The predicted molar refractivity (Wildman–Crippen MR) is 81.0 cm³/mol. The summed E-state index contributed by atoms with van der Waals surface area (Å²) in [5, 5.41) is 5.43. The Morgan fingerprint density at radius 2 is 2.33 bits per heavy atom. The lowest BCUT2D eigenvalue weighted by atomic mass is 9.98. The van der Waals surface area contributed by atoms with Gasteiger partial charge in [-0.25, -0.2) is 4.98 Å². The molecule has 3 nitrogen and oxygen atoms in total. The molecule has 1 saturated heterocycles. The minimum atomic E-state index is 0.539. The Morgan fingerprint density at radius 3 is 3.11 bits per heavy atom. The molecule has 5 heteroatoms. The zero-order valence-electron chi connectivity index (χ0n) is 11.1. The van der Waals surface area contributed by atoms with Crippen LogP contribution in [0.15, 0.2) is 0 Å². The fraction of sp³-hybridized carbons (Fsp3) is 0.769. The first kappa shape index (κ1) is 12.8. The summed E-state index contributed by atoms with van der Waals surface area (Å²) in [4.78, 5) is 8.88. The molecule has 0 spiro atoms. The van der Waals surface area contributed by atoms with Crippen molar-refractivity contribution in [2.45, 2.75) is 37.5 Å². The third kappa shape index (κ3) is 2.40. The van der Waals surface area contributed by atoms with Crippen molar-refractivity contribution in [3.63, 3.8) is 0 Å². The van der Waals surface area contributed by atoms with Crippen molar-refractivity contribution < 1.29 is 0 Å². The SMILES string of the molecule is CNC1CCCc2nc(N3CCSC(C)C3)sc21. The lowest BCUT2D eigenvalue weighted by molar-refractivity contribution is 0.501. The second-order valence-electron chi connectivity index (χ2n) is 5.17. The molecule has 2 aliphatic rings. The fourth-order valence-corrected chi connectivity index (χ4v) is 5.11. The molecule has 1 aromatic heterocycles. The number of hydrogen-bond donors (Lipinski definition) is 1. The van der Waals surface area contributed by atoms with E-state index < -0.39 is 0 Å². The van der Waals surface area contributed by atoms with Crippen LogP contribution in [0.3, 0.4) is 0 Å². The van der Waals surface area contributed by atoms with Crippen LogP contribution in [-0.4, -0.2) is 36.1 Å². The van der Waals surface area contributed by atoms with Gasteiger partial charge in [0, 0.05) is 35.0 Å². The molecule has 2 heterocycles. The Morgan fingerprint density at radius 1 is 1.44 bits per heavy atom. The van der Waals surface area contributed by atoms with Gasteiger partial charge in [-0.3, -0.25) is 0 Å². The van der Waals surface area contributed by atoms with Gasteiger partial charge in [-0.2, -0.15) is 11.8 Å². The van der Waals surface area contributed by atoms with Crippen LogP contribution in [0.4, 0.5) is 5.13 Å². The third-order valence-electron chi connectivity index (χ3n) is 3.80. The van der Waals surface area contributed by atoms with Crippen LogP contribution < -0.4 is 10.2 Å². The maximum absolute atomic E-state index is 4.90. The molecule has 1 N–H and O–H groups in total. The number of nitrogens with zero attached hydrogens (tertiary/aromatic N) is 2. The van der Waals surface area contributed by atoms with Crippen LogP contribution in [0, 0.1) is 0 Å². The maximum atomic E-state index is 4.90. The number of anilines is 1. The molecule has 1 aliphatic carbocycles. The normalized spacial score (nSPS) is 28.2. The molecule has 1 aliphatic heterocycles. The Labute approximate surface area is 117 Å². The van der Waals surface area contributed by atoms with Gasteiger partial charge in [0.05, 0.1) is 5.69 Å². The zero-order chi connectivity index (χ0) is 12.5. The summed E-state index contributed by atoms with van der Waals surface area (Å²) in [5.41, 5.74) is 1.35. The Hall–Kier alpha value is -0.260. The first-order valence-electron chi connectivity index (χ1n) is 6.81. The maximum Gasteiger partial charge on any atom is 0.185 e. The Balaban J connectivity index is 1.83. The number of hydrogen-bond acceptors (Lipinski definition) is 5. The van der Waals surface area contributed by atoms with E-state index in [1.807, 2.05) is 11.3 Å². The van der Waals surface area contributed by atoms with Gasteiger partial charge in [0.2, 0.25) is 0 Å². The van der Waals surface area contributed by atoms with Crippen molar-refractivity contribution in [2.24, 2.45) is 0 Å². The number of aromatic nitrogens is 1. The van der Waals surface area contributed by atoms with Crippen LogP contribution in [-0.2, 0) is 6.42 Å². The summed E-state index contributed by atoms with van der Waals surface area (Å²) in [6.45, 7) is 4.63. The van der Waals surface area contributed by atoms with E-state index >= 15 is 0 Å². The van der Waals surface area contributed by atoms with Crippen LogP contribution in [0.25, 0.3) is 0 Å². The van der Waals surface area contributed by atoms with E-state index in [0.29, 0.717) is 6.04 Å². The first-order chi connectivity index (χ1) is 8.78. The highest BCUT2D eigenvalue weighted by molar-refractivity contribution is 8.00. The molecule has 1 aromatic rings. The van der Waals surface area contributed by atoms with Crippen LogP contribution in [0.1, 0.15) is 36.4 Å². The second-order valence-corrected chi connectivity index (χ2v) is 7.72. The average Bonchev–Trinajstić information content (AvgIpc) is 2.82. The number of thioether (sulfide) groups is 1. The predicted octanol–water partition coefficient (Wildman–Crippen LogP) is 2.68. The number of thiazole rings is 1. The molecule has 1 fully saturated rings. The summed E-state index contributed by atoms with van der Waals surface area (Å²) in [5.74, 6) is 1.24. The topological polar surface area (TPSA) is 28.2 Å². The van der Waals surface area contributed by atoms with Gasteiger partial charge in [-0.05, 0) is 26.3 Å². The molecule has 100 valence electrons. The second kappa shape index (κ2) is 5.39. The van der Waals surface area contributed by atoms with Crippen molar-refractivity contribution in [2.75, 3.05) is 30.8 Å². The number of nitrogens with one attached hydrogen (secondary N) is 1. The van der Waals surface area contributed by atoms with E-state index in [1.165, 1.54) is 40.7 Å². The van der Waals surface area contributed by atoms with Crippen molar-refractivity contribution in [3.8, 4) is 0 Å². The first-order valence-corrected chi connectivity index (χ1v) is 8.68. The zero-order valence-corrected chi connectivity index (χ0v) is 12.7.